The zero-order valence-corrected chi connectivity index (χ0v) is 9.84. The predicted octanol–water partition coefficient (Wildman–Crippen LogP) is -0.265. The summed E-state index contributed by atoms with van der Waals surface area (Å²) in [6.45, 7) is 0. The van der Waals surface area contributed by atoms with Gasteiger partial charge in [-0.2, -0.15) is 0 Å². The third kappa shape index (κ3) is 11.3. The first kappa shape index (κ1) is 14.4. The van der Waals surface area contributed by atoms with Crippen molar-refractivity contribution in [1.82, 2.24) is 0 Å². The molecule has 0 fully saturated rings. The van der Waals surface area contributed by atoms with Gasteiger partial charge < -0.3 is 14.7 Å². The van der Waals surface area contributed by atoms with Crippen LogP contribution in [-0.4, -0.2) is 15.7 Å². The SMILES string of the molecule is C[n+]1ccccc1.O=[P+]([O-])CP(=O)(O)O. The summed E-state index contributed by atoms with van der Waals surface area (Å²) >= 11 is 0. The Kier molecular flexibility index (Phi) is 6.48. The number of hydrogen-bond donors (Lipinski definition) is 2. The number of nitrogens with zero attached hydrogens (tertiary/aromatic N) is 1. The van der Waals surface area contributed by atoms with Crippen LogP contribution in [0.1, 0.15) is 0 Å². The fraction of sp³-hybridized carbons (Fsp3) is 0.286. The Morgan fingerprint density at radius 2 is 1.80 bits per heavy atom. The molecule has 6 nitrogen and oxygen atoms in total. The fourth-order valence-electron chi connectivity index (χ4n) is 0.635. The van der Waals surface area contributed by atoms with Gasteiger partial charge in [-0.05, 0) is 0 Å². The van der Waals surface area contributed by atoms with Crippen LogP contribution in [-0.2, 0) is 16.2 Å². The fourth-order valence-corrected chi connectivity index (χ4v) is 1.84. The number of aromatic nitrogens is 1. The minimum atomic E-state index is -4.32. The molecule has 1 aromatic heterocycles. The lowest BCUT2D eigenvalue weighted by Gasteiger charge is -1.92. The summed E-state index contributed by atoms with van der Waals surface area (Å²) in [4.78, 5) is 25.4. The van der Waals surface area contributed by atoms with Crippen LogP contribution in [0.25, 0.3) is 0 Å². The summed E-state index contributed by atoms with van der Waals surface area (Å²) in [5.74, 6) is -1.05. The van der Waals surface area contributed by atoms with Crippen molar-refractivity contribution >= 4 is 15.6 Å². The van der Waals surface area contributed by atoms with Crippen molar-refractivity contribution in [1.29, 1.82) is 0 Å². The molecule has 0 radical (unpaired) electrons. The highest BCUT2D eigenvalue weighted by Crippen LogP contribution is 2.41. The molecular formula is C7H12NO5P2+. The Labute approximate surface area is 88.2 Å². The lowest BCUT2D eigenvalue weighted by atomic mass is 10.5. The van der Waals surface area contributed by atoms with E-state index in [1.165, 1.54) is 0 Å². The van der Waals surface area contributed by atoms with E-state index in [9.17, 15) is 14.0 Å². The van der Waals surface area contributed by atoms with Gasteiger partial charge in [0.1, 0.15) is 7.05 Å². The standard InChI is InChI=1S/C6H8N.CH4O5P2/c1-7-5-3-2-4-6-7;2-7(3)1-8(4,5)6/h2-6H,1H3;1H2,(H2,4,5,6)/q+1;. The van der Waals surface area contributed by atoms with E-state index in [0.717, 1.165) is 0 Å². The molecule has 0 bridgehead atoms. The number of pyridine rings is 1. The Morgan fingerprint density at radius 1 is 1.33 bits per heavy atom. The Hall–Kier alpha value is -0.640. The molecule has 1 heterocycles. The molecule has 0 aliphatic rings. The van der Waals surface area contributed by atoms with Gasteiger partial charge in [0.05, 0.1) is 0 Å². The molecule has 0 saturated heterocycles. The van der Waals surface area contributed by atoms with Gasteiger partial charge in [-0.1, -0.05) is 10.6 Å². The minimum absolute atomic E-state index is 1.05. The normalized spacial score (nSPS) is 11.3. The quantitative estimate of drug-likeness (QED) is 0.557. The third-order valence-electron chi connectivity index (χ3n) is 1.16. The van der Waals surface area contributed by atoms with Crippen molar-refractivity contribution in [3.05, 3.63) is 30.6 Å². The van der Waals surface area contributed by atoms with E-state index in [-0.39, 0.29) is 0 Å². The van der Waals surface area contributed by atoms with Gasteiger partial charge in [0.2, 0.25) is 5.90 Å². The lowest BCUT2D eigenvalue weighted by Crippen LogP contribution is -2.25. The van der Waals surface area contributed by atoms with Crippen LogP contribution in [0, 0.1) is 0 Å². The van der Waals surface area contributed by atoms with Crippen molar-refractivity contribution in [2.75, 3.05) is 5.90 Å². The van der Waals surface area contributed by atoms with E-state index < -0.39 is 21.5 Å². The molecule has 0 amide bonds. The van der Waals surface area contributed by atoms with Crippen molar-refractivity contribution in [3.8, 4) is 0 Å². The molecular weight excluding hydrogens is 240 g/mol. The third-order valence-corrected chi connectivity index (χ3v) is 3.56. The zero-order chi connectivity index (χ0) is 11.9. The van der Waals surface area contributed by atoms with Gasteiger partial charge in [-0.3, -0.25) is 4.57 Å². The largest absolute Gasteiger partial charge is 0.595 e. The summed E-state index contributed by atoms with van der Waals surface area (Å²) in [5.41, 5.74) is 0. The van der Waals surface area contributed by atoms with Crippen LogP contribution in [0.15, 0.2) is 30.6 Å². The topological polar surface area (TPSA) is 102 Å². The molecule has 1 unspecified atom stereocenters. The maximum atomic E-state index is 9.75. The molecule has 0 saturated carbocycles. The second kappa shape index (κ2) is 6.77. The summed E-state index contributed by atoms with van der Waals surface area (Å²) in [7, 11) is -5.27. The maximum absolute atomic E-state index is 9.75. The van der Waals surface area contributed by atoms with Gasteiger partial charge in [0.25, 0.3) is 0 Å². The molecule has 1 atom stereocenters. The Balaban J connectivity index is 0.000000262. The predicted molar refractivity (Wildman–Crippen MR) is 52.1 cm³/mol. The molecule has 1 rings (SSSR count). The molecule has 8 heteroatoms. The van der Waals surface area contributed by atoms with Crippen molar-refractivity contribution in [2.45, 2.75) is 0 Å². The smallest absolute Gasteiger partial charge is 0.373 e. The number of rotatable bonds is 2. The Bertz CT molecular complexity index is 350. The molecule has 15 heavy (non-hydrogen) atoms. The van der Waals surface area contributed by atoms with E-state index in [2.05, 4.69) is 0 Å². The second-order valence-corrected chi connectivity index (χ2v) is 5.81. The van der Waals surface area contributed by atoms with Gasteiger partial charge in [0.15, 0.2) is 12.4 Å². The minimum Gasteiger partial charge on any atom is -0.595 e. The second-order valence-electron chi connectivity index (χ2n) is 2.68. The number of aryl methyl sites for hydroxylation is 1. The van der Waals surface area contributed by atoms with E-state index in [1.54, 1.807) is 0 Å². The molecule has 0 aliphatic carbocycles. The van der Waals surface area contributed by atoms with Crippen LogP contribution in [0.4, 0.5) is 0 Å². The molecule has 84 valence electrons. The van der Waals surface area contributed by atoms with Crippen molar-refractivity contribution in [3.63, 3.8) is 0 Å². The first-order valence-electron chi connectivity index (χ1n) is 3.88. The average Bonchev–Trinajstić information content (AvgIpc) is 2.01. The Morgan fingerprint density at radius 3 is 1.93 bits per heavy atom. The lowest BCUT2D eigenvalue weighted by molar-refractivity contribution is -0.671. The van der Waals surface area contributed by atoms with Gasteiger partial charge in [0, 0.05) is 12.1 Å². The van der Waals surface area contributed by atoms with Crippen molar-refractivity contribution < 1.29 is 28.4 Å². The van der Waals surface area contributed by atoms with Crippen LogP contribution in [0.3, 0.4) is 0 Å². The van der Waals surface area contributed by atoms with Crippen LogP contribution >= 0.6 is 15.6 Å². The highest BCUT2D eigenvalue weighted by molar-refractivity contribution is 7.63. The van der Waals surface area contributed by atoms with E-state index in [4.69, 9.17) is 9.79 Å². The average molecular weight is 252 g/mol. The summed E-state index contributed by atoms with van der Waals surface area (Å²) in [6.07, 6.45) is 4.00. The molecule has 1 aromatic rings. The molecule has 0 spiro atoms. The summed E-state index contributed by atoms with van der Waals surface area (Å²) in [5, 5.41) is 0. The molecule has 0 aromatic carbocycles. The van der Waals surface area contributed by atoms with Gasteiger partial charge in [-0.25, -0.2) is 4.57 Å². The highest BCUT2D eigenvalue weighted by Gasteiger charge is 2.21. The van der Waals surface area contributed by atoms with Crippen LogP contribution in [0.5, 0.6) is 0 Å². The van der Waals surface area contributed by atoms with Gasteiger partial charge >= 0.3 is 15.6 Å². The van der Waals surface area contributed by atoms with Crippen LogP contribution in [0.2, 0.25) is 0 Å². The van der Waals surface area contributed by atoms with E-state index in [0.29, 0.717) is 0 Å². The van der Waals surface area contributed by atoms with Gasteiger partial charge in [-0.15, -0.1) is 0 Å². The maximum Gasteiger partial charge on any atom is 0.373 e. The van der Waals surface area contributed by atoms with Crippen LogP contribution < -0.4 is 9.46 Å². The van der Waals surface area contributed by atoms with E-state index in [1.807, 2.05) is 42.2 Å². The molecule has 2 N–H and O–H groups in total. The first-order chi connectivity index (χ1) is 6.81. The van der Waals surface area contributed by atoms with E-state index >= 15 is 0 Å². The summed E-state index contributed by atoms with van der Waals surface area (Å²) in [6, 6.07) is 6.00. The first-order valence-corrected chi connectivity index (χ1v) is 7.04. The number of hydrogen-bond acceptors (Lipinski definition) is 3. The monoisotopic (exact) mass is 252 g/mol. The zero-order valence-electron chi connectivity index (χ0n) is 8.05. The highest BCUT2D eigenvalue weighted by atomic mass is 31.2. The molecule has 0 aliphatic heterocycles. The van der Waals surface area contributed by atoms with Crippen molar-refractivity contribution in [2.24, 2.45) is 7.05 Å². The summed E-state index contributed by atoms with van der Waals surface area (Å²) < 4.78 is 21.3.